The minimum Gasteiger partial charge on any atom is -0.295 e. The van der Waals surface area contributed by atoms with Crippen LogP contribution in [-0.4, -0.2) is 11.1 Å². The summed E-state index contributed by atoms with van der Waals surface area (Å²) in [5.74, 6) is 0.120. The van der Waals surface area contributed by atoms with Crippen molar-refractivity contribution in [3.63, 3.8) is 0 Å². The topological polar surface area (TPSA) is 17.1 Å². The molecular weight excluding hydrogens is 252 g/mol. The Morgan fingerprint density at radius 1 is 1.47 bits per heavy atom. The highest BCUT2D eigenvalue weighted by Crippen LogP contribution is 2.13. The van der Waals surface area contributed by atoms with Crippen LogP contribution in [0.5, 0.6) is 0 Å². The first-order valence-corrected chi connectivity index (χ1v) is 6.11. The van der Waals surface area contributed by atoms with Crippen LogP contribution in [-0.2, 0) is 0 Å². The van der Waals surface area contributed by atoms with E-state index in [9.17, 15) is 4.79 Å². The van der Waals surface area contributed by atoms with E-state index in [0.717, 1.165) is 22.9 Å². The molecule has 2 heteroatoms. The van der Waals surface area contributed by atoms with Crippen LogP contribution < -0.4 is 0 Å². The molecule has 0 bridgehead atoms. The number of allylic oxidation sites excluding steroid dienone is 1. The first-order chi connectivity index (χ1) is 7.15. The lowest BCUT2D eigenvalue weighted by Crippen LogP contribution is -1.93. The van der Waals surface area contributed by atoms with E-state index in [2.05, 4.69) is 28.1 Å². The molecule has 0 radical (unpaired) electrons. The molecule has 15 heavy (non-hydrogen) atoms. The van der Waals surface area contributed by atoms with E-state index in [1.165, 1.54) is 5.56 Å². The normalized spacial score (nSPS) is 10.9. The van der Waals surface area contributed by atoms with Crippen LogP contribution in [0, 0.1) is 6.92 Å². The Kier molecular flexibility index (Phi) is 4.76. The van der Waals surface area contributed by atoms with Crippen LogP contribution in [0.2, 0.25) is 0 Å². The second-order valence-corrected chi connectivity index (χ2v) is 4.30. The number of carbonyl (C=O) groups excluding carboxylic acids is 1. The monoisotopic (exact) mass is 266 g/mol. The van der Waals surface area contributed by atoms with Crippen LogP contribution in [0.1, 0.15) is 34.8 Å². The molecular formula is C13H15BrO. The van der Waals surface area contributed by atoms with E-state index in [0.29, 0.717) is 0 Å². The van der Waals surface area contributed by atoms with Gasteiger partial charge in [-0.15, -0.1) is 0 Å². The van der Waals surface area contributed by atoms with Gasteiger partial charge in [0.15, 0.2) is 5.78 Å². The predicted octanol–water partition coefficient (Wildman–Crippen LogP) is 4.00. The van der Waals surface area contributed by atoms with Crippen molar-refractivity contribution in [1.82, 2.24) is 0 Å². The summed E-state index contributed by atoms with van der Waals surface area (Å²) in [4.78, 5) is 11.1. The zero-order chi connectivity index (χ0) is 11.3. The number of ketones is 1. The van der Waals surface area contributed by atoms with Gasteiger partial charge in [0, 0.05) is 10.9 Å². The van der Waals surface area contributed by atoms with Gasteiger partial charge >= 0.3 is 0 Å². The number of rotatable bonds is 4. The lowest BCUT2D eigenvalue weighted by Gasteiger charge is -2.02. The van der Waals surface area contributed by atoms with Crippen LogP contribution in [0.15, 0.2) is 24.3 Å². The zero-order valence-electron chi connectivity index (χ0n) is 9.09. The van der Waals surface area contributed by atoms with Crippen molar-refractivity contribution in [2.75, 3.05) is 5.33 Å². The summed E-state index contributed by atoms with van der Waals surface area (Å²) < 4.78 is 0. The molecule has 1 aromatic rings. The molecule has 0 aliphatic heterocycles. The van der Waals surface area contributed by atoms with Crippen molar-refractivity contribution < 1.29 is 4.79 Å². The maximum absolute atomic E-state index is 11.1. The summed E-state index contributed by atoms with van der Waals surface area (Å²) in [7, 11) is 0. The fourth-order valence-corrected chi connectivity index (χ4v) is 1.62. The number of hydrogen-bond donors (Lipinski definition) is 0. The minimum absolute atomic E-state index is 0.120. The third kappa shape index (κ3) is 3.63. The van der Waals surface area contributed by atoms with Gasteiger partial charge in [0.2, 0.25) is 0 Å². The molecule has 0 saturated carbocycles. The van der Waals surface area contributed by atoms with Crippen molar-refractivity contribution in [1.29, 1.82) is 0 Å². The van der Waals surface area contributed by atoms with E-state index < -0.39 is 0 Å². The summed E-state index contributed by atoms with van der Waals surface area (Å²) in [5.41, 5.74) is 3.11. The number of carbonyl (C=O) groups is 1. The molecule has 0 heterocycles. The van der Waals surface area contributed by atoms with Gasteiger partial charge in [-0.3, -0.25) is 4.79 Å². The highest BCUT2D eigenvalue weighted by molar-refractivity contribution is 9.09. The lowest BCUT2D eigenvalue weighted by molar-refractivity contribution is 0.101. The van der Waals surface area contributed by atoms with Crippen molar-refractivity contribution in [3.8, 4) is 0 Å². The van der Waals surface area contributed by atoms with Crippen LogP contribution in [0.4, 0.5) is 0 Å². The van der Waals surface area contributed by atoms with Crippen molar-refractivity contribution in [2.24, 2.45) is 0 Å². The fourth-order valence-electron chi connectivity index (χ4n) is 1.35. The van der Waals surface area contributed by atoms with Crippen LogP contribution in [0.3, 0.4) is 0 Å². The summed E-state index contributed by atoms with van der Waals surface area (Å²) in [6.45, 7) is 3.62. The summed E-state index contributed by atoms with van der Waals surface area (Å²) in [5, 5.41) is 0.980. The average Bonchev–Trinajstić information content (AvgIpc) is 2.20. The van der Waals surface area contributed by atoms with Gasteiger partial charge in [-0.2, -0.15) is 0 Å². The Hall–Kier alpha value is -0.890. The zero-order valence-corrected chi connectivity index (χ0v) is 10.7. The Balaban J connectivity index is 2.88. The molecule has 0 atom stereocenters. The molecule has 0 N–H and O–H groups in total. The maximum atomic E-state index is 11.1. The molecule has 0 aliphatic rings. The third-order valence-electron chi connectivity index (χ3n) is 2.25. The number of Topliss-reactive ketones (excluding diaryl/α,β-unsaturated/α-hetero) is 1. The molecule has 0 unspecified atom stereocenters. The molecule has 1 aromatic carbocycles. The highest BCUT2D eigenvalue weighted by atomic mass is 79.9. The van der Waals surface area contributed by atoms with Crippen molar-refractivity contribution in [3.05, 3.63) is 41.0 Å². The molecule has 80 valence electrons. The molecule has 0 aliphatic carbocycles. The van der Waals surface area contributed by atoms with Gasteiger partial charge in [0.1, 0.15) is 0 Å². The smallest absolute Gasteiger partial charge is 0.159 e. The number of alkyl halides is 1. The molecule has 0 fully saturated rings. The van der Waals surface area contributed by atoms with E-state index >= 15 is 0 Å². The van der Waals surface area contributed by atoms with Crippen molar-refractivity contribution in [2.45, 2.75) is 20.3 Å². The molecule has 0 amide bonds. The quantitative estimate of drug-likeness (QED) is 0.595. The number of benzene rings is 1. The minimum atomic E-state index is 0.120. The van der Waals surface area contributed by atoms with E-state index in [-0.39, 0.29) is 5.78 Å². The Morgan fingerprint density at radius 2 is 2.20 bits per heavy atom. The van der Waals surface area contributed by atoms with Gasteiger partial charge in [-0.05, 0) is 37.5 Å². The Bertz CT molecular complexity index is 380. The van der Waals surface area contributed by atoms with Gasteiger partial charge < -0.3 is 0 Å². The standard InChI is InChI=1S/C13H15BrO/c1-10-9-13(11(2)15)7-6-12(10)5-3-4-8-14/h3,5-7,9H,4,8H2,1-2H3. The Labute approximate surface area is 99.3 Å². The summed E-state index contributed by atoms with van der Waals surface area (Å²) in [6, 6.07) is 5.82. The number of aryl methyl sites for hydroxylation is 1. The molecule has 0 spiro atoms. The SMILES string of the molecule is CC(=O)c1ccc(C=CCCBr)c(C)c1. The highest BCUT2D eigenvalue weighted by Gasteiger charge is 2.00. The lowest BCUT2D eigenvalue weighted by atomic mass is 10.0. The maximum Gasteiger partial charge on any atom is 0.159 e. The average molecular weight is 267 g/mol. The number of halogens is 1. The van der Waals surface area contributed by atoms with Gasteiger partial charge in [0.05, 0.1) is 0 Å². The molecule has 1 nitrogen and oxygen atoms in total. The second-order valence-electron chi connectivity index (χ2n) is 3.51. The van der Waals surface area contributed by atoms with Gasteiger partial charge in [-0.1, -0.05) is 40.2 Å². The molecule has 0 aromatic heterocycles. The fraction of sp³-hybridized carbons (Fsp3) is 0.308. The Morgan fingerprint density at radius 3 is 2.73 bits per heavy atom. The molecule has 1 rings (SSSR count). The van der Waals surface area contributed by atoms with Crippen molar-refractivity contribution >= 4 is 27.8 Å². The summed E-state index contributed by atoms with van der Waals surface area (Å²) >= 11 is 3.38. The van der Waals surface area contributed by atoms with E-state index in [4.69, 9.17) is 0 Å². The second kappa shape index (κ2) is 5.86. The van der Waals surface area contributed by atoms with E-state index in [1.807, 2.05) is 25.1 Å². The van der Waals surface area contributed by atoms with Crippen LogP contribution in [0.25, 0.3) is 6.08 Å². The summed E-state index contributed by atoms with van der Waals surface area (Å²) in [6.07, 6.45) is 5.25. The number of hydrogen-bond acceptors (Lipinski definition) is 1. The van der Waals surface area contributed by atoms with Crippen LogP contribution >= 0.6 is 15.9 Å². The van der Waals surface area contributed by atoms with Gasteiger partial charge in [0.25, 0.3) is 0 Å². The first-order valence-electron chi connectivity index (χ1n) is 4.99. The third-order valence-corrected chi connectivity index (χ3v) is 2.71. The van der Waals surface area contributed by atoms with E-state index in [1.54, 1.807) is 6.92 Å². The van der Waals surface area contributed by atoms with Gasteiger partial charge in [-0.25, -0.2) is 0 Å². The first kappa shape index (κ1) is 12.2. The molecule has 0 saturated heterocycles. The predicted molar refractivity (Wildman–Crippen MR) is 68.6 cm³/mol. The largest absolute Gasteiger partial charge is 0.295 e.